The van der Waals surface area contributed by atoms with Gasteiger partial charge in [-0.3, -0.25) is 14.4 Å². The summed E-state index contributed by atoms with van der Waals surface area (Å²) >= 11 is 0. The fourth-order valence-electron chi connectivity index (χ4n) is 5.09. The number of ether oxygens (including phenoxy) is 1. The summed E-state index contributed by atoms with van der Waals surface area (Å²) in [6.07, 6.45) is 0.576. The van der Waals surface area contributed by atoms with Gasteiger partial charge in [0.25, 0.3) is 5.91 Å². The molecule has 0 saturated heterocycles. The number of carbonyl (C=O) groups is 3. The minimum absolute atomic E-state index is 0.00261. The van der Waals surface area contributed by atoms with Crippen LogP contribution in [0.2, 0.25) is 0 Å². The average Bonchev–Trinajstić information content (AvgIpc) is 3.05. The minimum Gasteiger partial charge on any atom is -0.496 e. The van der Waals surface area contributed by atoms with Crippen LogP contribution in [0.15, 0.2) is 60.7 Å². The molecule has 3 aromatic carbocycles. The van der Waals surface area contributed by atoms with Crippen LogP contribution in [0.3, 0.4) is 0 Å². The maximum atomic E-state index is 14.7. The van der Waals surface area contributed by atoms with Gasteiger partial charge in [-0.15, -0.1) is 0 Å². The molecule has 0 radical (unpaired) electrons. The van der Waals surface area contributed by atoms with Crippen molar-refractivity contribution in [3.63, 3.8) is 0 Å². The number of fused-ring (bicyclic) bond motifs is 1. The first-order chi connectivity index (χ1) is 19.6. The fraction of sp³-hybridized carbons (Fsp3) is 0.312. The fourth-order valence-corrected chi connectivity index (χ4v) is 5.09. The lowest BCUT2D eigenvalue weighted by molar-refractivity contribution is -0.130. The van der Waals surface area contributed by atoms with E-state index in [9.17, 15) is 24.0 Å². The van der Waals surface area contributed by atoms with Gasteiger partial charge in [-0.25, -0.2) is 4.39 Å². The second kappa shape index (κ2) is 12.2. The Kier molecular flexibility index (Phi) is 8.72. The van der Waals surface area contributed by atoms with Crippen molar-refractivity contribution in [1.29, 1.82) is 5.26 Å². The number of rotatable bonds is 7. The molecule has 1 N–H and O–H groups in total. The van der Waals surface area contributed by atoms with Crippen LogP contribution in [-0.2, 0) is 20.9 Å². The number of nitrogens with zero attached hydrogens (tertiary/aromatic N) is 3. The Labute approximate surface area is 239 Å². The van der Waals surface area contributed by atoms with Crippen LogP contribution in [0.5, 0.6) is 5.75 Å². The summed E-state index contributed by atoms with van der Waals surface area (Å²) in [5, 5.41) is 12.5. The molecule has 3 aromatic rings. The summed E-state index contributed by atoms with van der Waals surface area (Å²) in [4.78, 5) is 43.2. The van der Waals surface area contributed by atoms with E-state index < -0.39 is 18.0 Å². The Morgan fingerprint density at radius 2 is 1.85 bits per heavy atom. The zero-order valence-corrected chi connectivity index (χ0v) is 23.8. The van der Waals surface area contributed by atoms with E-state index in [1.54, 1.807) is 68.4 Å². The third-order valence-electron chi connectivity index (χ3n) is 7.57. The molecule has 1 heterocycles. The molecule has 41 heavy (non-hydrogen) atoms. The molecule has 0 spiro atoms. The van der Waals surface area contributed by atoms with Crippen molar-refractivity contribution in [1.82, 2.24) is 5.32 Å². The number of carbonyl (C=O) groups excluding carboxylic acids is 3. The van der Waals surface area contributed by atoms with Crippen molar-refractivity contribution >= 4 is 29.1 Å². The zero-order chi connectivity index (χ0) is 29.8. The van der Waals surface area contributed by atoms with E-state index >= 15 is 0 Å². The Morgan fingerprint density at radius 3 is 2.49 bits per heavy atom. The van der Waals surface area contributed by atoms with Gasteiger partial charge in [-0.1, -0.05) is 38.1 Å². The number of hydrogen-bond acceptors (Lipinski definition) is 5. The van der Waals surface area contributed by atoms with Crippen LogP contribution in [-0.4, -0.2) is 36.9 Å². The summed E-state index contributed by atoms with van der Waals surface area (Å²) in [7, 11) is 1.51. The maximum Gasteiger partial charge on any atom is 0.252 e. The summed E-state index contributed by atoms with van der Waals surface area (Å²) < 4.78 is 20.3. The van der Waals surface area contributed by atoms with Crippen LogP contribution >= 0.6 is 0 Å². The molecule has 1 aliphatic rings. The van der Waals surface area contributed by atoms with E-state index in [0.717, 1.165) is 0 Å². The van der Waals surface area contributed by atoms with Crippen LogP contribution in [0.25, 0.3) is 11.1 Å². The van der Waals surface area contributed by atoms with Gasteiger partial charge >= 0.3 is 0 Å². The molecule has 0 bridgehead atoms. The first kappa shape index (κ1) is 29.3. The number of nitrogens with one attached hydrogen (secondary N) is 1. The average molecular weight is 557 g/mol. The van der Waals surface area contributed by atoms with E-state index in [4.69, 9.17) is 4.74 Å². The Balaban J connectivity index is 1.89. The lowest BCUT2D eigenvalue weighted by atomic mass is 10.0. The highest BCUT2D eigenvalue weighted by Crippen LogP contribution is 2.39. The first-order valence-electron chi connectivity index (χ1n) is 13.5. The van der Waals surface area contributed by atoms with Crippen molar-refractivity contribution in [2.24, 2.45) is 5.92 Å². The predicted octanol–water partition coefficient (Wildman–Crippen LogP) is 5.19. The van der Waals surface area contributed by atoms with Gasteiger partial charge in [-0.05, 0) is 55.3 Å². The SMILES string of the molecule is CC[C@@H](C)C(=O)N[C@@H]1C(=O)N(Cc2cc(-c3ccccc3F)ccc2OC)c2ccc(C#N)cc2N(C(C)=O)[C@H]1C. The van der Waals surface area contributed by atoms with Gasteiger partial charge < -0.3 is 19.9 Å². The van der Waals surface area contributed by atoms with E-state index in [1.165, 1.54) is 29.9 Å². The largest absolute Gasteiger partial charge is 0.496 e. The number of anilines is 2. The third-order valence-corrected chi connectivity index (χ3v) is 7.57. The van der Waals surface area contributed by atoms with Crippen molar-refractivity contribution in [2.75, 3.05) is 16.9 Å². The monoisotopic (exact) mass is 556 g/mol. The molecule has 4 rings (SSSR count). The minimum atomic E-state index is -1.07. The van der Waals surface area contributed by atoms with Gasteiger partial charge in [0.05, 0.1) is 42.7 Å². The topological polar surface area (TPSA) is 103 Å². The second-order valence-electron chi connectivity index (χ2n) is 10.2. The van der Waals surface area contributed by atoms with E-state index in [-0.39, 0.29) is 30.1 Å². The Hall–Kier alpha value is -4.71. The van der Waals surface area contributed by atoms with Crippen molar-refractivity contribution in [2.45, 2.75) is 52.7 Å². The molecule has 0 saturated carbocycles. The molecule has 3 atom stereocenters. The number of amides is 3. The quantitative estimate of drug-likeness (QED) is 0.431. The molecule has 0 aliphatic carbocycles. The van der Waals surface area contributed by atoms with Gasteiger partial charge in [-0.2, -0.15) is 5.26 Å². The van der Waals surface area contributed by atoms with Crippen molar-refractivity contribution in [3.8, 4) is 22.9 Å². The molecule has 8 nitrogen and oxygen atoms in total. The van der Waals surface area contributed by atoms with Gasteiger partial charge in [0.1, 0.15) is 17.6 Å². The Bertz CT molecular complexity index is 1530. The van der Waals surface area contributed by atoms with Gasteiger partial charge in [0, 0.05) is 24.0 Å². The standard InChI is InChI=1S/C32H33FN4O4/c1-6-19(2)31(39)35-30-20(3)37(21(4)38)28-15-22(17-34)11-13-27(28)36(32(30)40)18-24-16-23(12-14-29(24)41-5)25-9-7-8-10-26(25)33/h7-16,19-20,30H,6,18H2,1-5H3,(H,35,39)/t19-,20+,30+/m1/s1. The molecule has 0 aromatic heterocycles. The van der Waals surface area contributed by atoms with E-state index in [1.807, 2.05) is 6.92 Å². The highest BCUT2D eigenvalue weighted by atomic mass is 19.1. The summed E-state index contributed by atoms with van der Waals surface area (Å²) in [6.45, 7) is 6.73. The van der Waals surface area contributed by atoms with Crippen LogP contribution in [0.1, 0.15) is 45.2 Å². The highest BCUT2D eigenvalue weighted by Gasteiger charge is 2.42. The molecular formula is C32H33FN4O4. The first-order valence-corrected chi connectivity index (χ1v) is 13.5. The van der Waals surface area contributed by atoms with Crippen molar-refractivity contribution in [3.05, 3.63) is 77.6 Å². The molecular weight excluding hydrogens is 523 g/mol. The van der Waals surface area contributed by atoms with Crippen LogP contribution in [0, 0.1) is 23.1 Å². The number of methoxy groups -OCH3 is 1. The van der Waals surface area contributed by atoms with Crippen molar-refractivity contribution < 1.29 is 23.5 Å². The molecule has 212 valence electrons. The smallest absolute Gasteiger partial charge is 0.252 e. The van der Waals surface area contributed by atoms with Crippen LogP contribution < -0.4 is 19.9 Å². The highest BCUT2D eigenvalue weighted by molar-refractivity contribution is 6.08. The summed E-state index contributed by atoms with van der Waals surface area (Å²) in [5.41, 5.74) is 2.68. The molecule has 1 aliphatic heterocycles. The molecule has 0 fully saturated rings. The lowest BCUT2D eigenvalue weighted by Gasteiger charge is -2.32. The number of halogens is 1. The van der Waals surface area contributed by atoms with E-state index in [0.29, 0.717) is 45.8 Å². The van der Waals surface area contributed by atoms with Gasteiger partial charge in [0.15, 0.2) is 0 Å². The zero-order valence-electron chi connectivity index (χ0n) is 23.8. The maximum absolute atomic E-state index is 14.7. The van der Waals surface area contributed by atoms with Gasteiger partial charge in [0.2, 0.25) is 11.8 Å². The summed E-state index contributed by atoms with van der Waals surface area (Å²) in [6, 6.07) is 16.7. The third kappa shape index (κ3) is 5.78. The predicted molar refractivity (Wildman–Crippen MR) is 155 cm³/mol. The lowest BCUT2D eigenvalue weighted by Crippen LogP contribution is -2.58. The van der Waals surface area contributed by atoms with Crippen LogP contribution in [0.4, 0.5) is 15.8 Å². The van der Waals surface area contributed by atoms with E-state index in [2.05, 4.69) is 11.4 Å². The number of nitriles is 1. The second-order valence-corrected chi connectivity index (χ2v) is 10.2. The normalized spacial score (nSPS) is 17.2. The molecule has 9 heteroatoms. The number of hydrogen-bond donors (Lipinski definition) is 1. The summed E-state index contributed by atoms with van der Waals surface area (Å²) in [5.74, 6) is -1.32. The Morgan fingerprint density at radius 1 is 1.12 bits per heavy atom. The molecule has 3 amide bonds. The molecule has 0 unspecified atom stereocenters. The number of benzene rings is 3.